The smallest absolute Gasteiger partial charge is 0.410 e. The summed E-state index contributed by atoms with van der Waals surface area (Å²) in [5.41, 5.74) is 0.947. The van der Waals surface area contributed by atoms with Crippen LogP contribution in [0, 0.1) is 0 Å². The molecule has 5 heteroatoms. The Morgan fingerprint density at radius 1 is 1.44 bits per heavy atom. The molecular weight excluding hydrogens is 235 g/mol. The van der Waals surface area contributed by atoms with Crippen molar-refractivity contribution >= 4 is 6.09 Å². The fraction of sp³-hybridized carbons (Fsp3) is 0.462. The van der Waals surface area contributed by atoms with E-state index in [0.717, 1.165) is 5.56 Å². The van der Waals surface area contributed by atoms with Gasteiger partial charge in [-0.15, -0.1) is 0 Å². The number of carbonyl (C=O) groups is 1. The first-order chi connectivity index (χ1) is 8.79. The van der Waals surface area contributed by atoms with E-state index in [2.05, 4.69) is 5.32 Å². The molecule has 0 radical (unpaired) electrons. The molecule has 0 bridgehead atoms. The Hall–Kier alpha value is -1.62. The van der Waals surface area contributed by atoms with Crippen molar-refractivity contribution in [1.82, 2.24) is 10.2 Å². The van der Waals surface area contributed by atoms with Crippen molar-refractivity contribution in [1.29, 1.82) is 0 Å². The SMILES string of the molecule is O=C(OCc1ccccc1)N1CCNC(CF)C1. The first kappa shape index (κ1) is 12.8. The summed E-state index contributed by atoms with van der Waals surface area (Å²) < 4.78 is 17.7. The van der Waals surface area contributed by atoms with Crippen LogP contribution in [0.5, 0.6) is 0 Å². The summed E-state index contributed by atoms with van der Waals surface area (Å²) in [5.74, 6) is 0. The minimum atomic E-state index is -0.470. The average Bonchev–Trinajstić information content (AvgIpc) is 2.46. The third kappa shape index (κ3) is 3.43. The topological polar surface area (TPSA) is 41.6 Å². The average molecular weight is 252 g/mol. The van der Waals surface area contributed by atoms with Gasteiger partial charge in [-0.3, -0.25) is 0 Å². The zero-order chi connectivity index (χ0) is 12.8. The van der Waals surface area contributed by atoms with E-state index in [1.807, 2.05) is 30.3 Å². The summed E-state index contributed by atoms with van der Waals surface area (Å²) in [6.45, 7) is 1.32. The Morgan fingerprint density at radius 3 is 2.94 bits per heavy atom. The van der Waals surface area contributed by atoms with E-state index < -0.39 is 6.67 Å². The van der Waals surface area contributed by atoms with E-state index in [1.54, 1.807) is 4.90 Å². The highest BCUT2D eigenvalue weighted by Gasteiger charge is 2.23. The summed E-state index contributed by atoms with van der Waals surface area (Å²) in [5, 5.41) is 3.00. The Morgan fingerprint density at radius 2 is 2.22 bits per heavy atom. The van der Waals surface area contributed by atoms with Crippen molar-refractivity contribution in [3.05, 3.63) is 35.9 Å². The second kappa shape index (κ2) is 6.35. The monoisotopic (exact) mass is 252 g/mol. The Kier molecular flexibility index (Phi) is 4.52. The van der Waals surface area contributed by atoms with Crippen LogP contribution in [0.25, 0.3) is 0 Å². The number of carbonyl (C=O) groups excluding carboxylic acids is 1. The highest BCUT2D eigenvalue weighted by molar-refractivity contribution is 5.67. The standard InChI is InChI=1S/C13H17FN2O2/c14-8-12-9-16(7-6-15-12)13(17)18-10-11-4-2-1-3-5-11/h1-5,12,15H,6-10H2. The third-order valence-corrected chi connectivity index (χ3v) is 2.91. The maximum absolute atomic E-state index is 12.5. The summed E-state index contributed by atoms with van der Waals surface area (Å²) in [6, 6.07) is 9.22. The Balaban J connectivity index is 1.81. The third-order valence-electron chi connectivity index (χ3n) is 2.91. The largest absolute Gasteiger partial charge is 0.445 e. The first-order valence-electron chi connectivity index (χ1n) is 6.04. The number of amides is 1. The molecule has 18 heavy (non-hydrogen) atoms. The Bertz CT molecular complexity index is 386. The van der Waals surface area contributed by atoms with Gasteiger partial charge in [0, 0.05) is 19.6 Å². The number of alkyl halides is 1. The van der Waals surface area contributed by atoms with Gasteiger partial charge in [-0.05, 0) is 5.56 Å². The van der Waals surface area contributed by atoms with Crippen LogP contribution in [0.1, 0.15) is 5.56 Å². The van der Waals surface area contributed by atoms with Crippen molar-refractivity contribution in [3.8, 4) is 0 Å². The number of halogens is 1. The molecule has 1 amide bonds. The van der Waals surface area contributed by atoms with Crippen LogP contribution in [0.15, 0.2) is 30.3 Å². The molecule has 1 heterocycles. The van der Waals surface area contributed by atoms with Crippen LogP contribution < -0.4 is 5.32 Å². The van der Waals surface area contributed by atoms with E-state index in [1.165, 1.54) is 0 Å². The lowest BCUT2D eigenvalue weighted by Gasteiger charge is -2.31. The molecule has 98 valence electrons. The van der Waals surface area contributed by atoms with Gasteiger partial charge < -0.3 is 15.0 Å². The molecule has 1 aliphatic rings. The van der Waals surface area contributed by atoms with Crippen molar-refractivity contribution < 1.29 is 13.9 Å². The molecule has 1 saturated heterocycles. The maximum atomic E-state index is 12.5. The second-order valence-electron chi connectivity index (χ2n) is 4.29. The van der Waals surface area contributed by atoms with Gasteiger partial charge in [0.25, 0.3) is 0 Å². The van der Waals surface area contributed by atoms with Crippen molar-refractivity contribution in [2.45, 2.75) is 12.6 Å². The van der Waals surface area contributed by atoms with Crippen LogP contribution in [-0.2, 0) is 11.3 Å². The molecule has 1 N–H and O–H groups in total. The van der Waals surface area contributed by atoms with Gasteiger partial charge in [-0.2, -0.15) is 0 Å². The molecule has 1 atom stereocenters. The molecule has 0 spiro atoms. The maximum Gasteiger partial charge on any atom is 0.410 e. The number of benzene rings is 1. The van der Waals surface area contributed by atoms with E-state index in [4.69, 9.17) is 4.74 Å². The molecule has 1 aromatic carbocycles. The predicted molar refractivity (Wildman–Crippen MR) is 66.0 cm³/mol. The number of ether oxygens (including phenoxy) is 1. The van der Waals surface area contributed by atoms with Crippen molar-refractivity contribution in [2.75, 3.05) is 26.3 Å². The molecule has 1 fully saturated rings. The van der Waals surface area contributed by atoms with Crippen LogP contribution in [0.2, 0.25) is 0 Å². The highest BCUT2D eigenvalue weighted by atomic mass is 19.1. The first-order valence-corrected chi connectivity index (χ1v) is 6.04. The summed E-state index contributed by atoms with van der Waals surface area (Å²) in [4.78, 5) is 13.3. The summed E-state index contributed by atoms with van der Waals surface area (Å²) in [7, 11) is 0. The van der Waals surface area contributed by atoms with E-state index >= 15 is 0 Å². The van der Waals surface area contributed by atoms with Gasteiger partial charge in [0.15, 0.2) is 0 Å². The van der Waals surface area contributed by atoms with Gasteiger partial charge >= 0.3 is 6.09 Å². The van der Waals surface area contributed by atoms with Gasteiger partial charge in [0.1, 0.15) is 13.3 Å². The molecule has 2 rings (SSSR count). The fourth-order valence-electron chi connectivity index (χ4n) is 1.91. The molecule has 1 unspecified atom stereocenters. The van der Waals surface area contributed by atoms with E-state index in [9.17, 15) is 9.18 Å². The molecule has 0 aromatic heterocycles. The van der Waals surface area contributed by atoms with Gasteiger partial charge in [-0.25, -0.2) is 9.18 Å². The quantitative estimate of drug-likeness (QED) is 0.887. The van der Waals surface area contributed by atoms with Gasteiger partial charge in [0.2, 0.25) is 0 Å². The van der Waals surface area contributed by atoms with Crippen molar-refractivity contribution in [3.63, 3.8) is 0 Å². The van der Waals surface area contributed by atoms with Crippen LogP contribution in [-0.4, -0.2) is 43.3 Å². The lowest BCUT2D eigenvalue weighted by molar-refractivity contribution is 0.0827. The fourth-order valence-corrected chi connectivity index (χ4v) is 1.91. The number of nitrogens with one attached hydrogen (secondary N) is 1. The van der Waals surface area contributed by atoms with Crippen LogP contribution >= 0.6 is 0 Å². The molecule has 4 nitrogen and oxygen atoms in total. The number of piperazine rings is 1. The number of hydrogen-bond acceptors (Lipinski definition) is 3. The number of rotatable bonds is 3. The molecule has 1 aromatic rings. The van der Waals surface area contributed by atoms with E-state index in [0.29, 0.717) is 19.6 Å². The van der Waals surface area contributed by atoms with Crippen molar-refractivity contribution in [2.24, 2.45) is 0 Å². The molecule has 0 aliphatic carbocycles. The second-order valence-corrected chi connectivity index (χ2v) is 4.29. The zero-order valence-electron chi connectivity index (χ0n) is 10.1. The van der Waals surface area contributed by atoms with Crippen LogP contribution in [0.4, 0.5) is 9.18 Å². The number of nitrogens with zero attached hydrogens (tertiary/aromatic N) is 1. The lowest BCUT2D eigenvalue weighted by Crippen LogP contribution is -2.53. The molecular formula is C13H17FN2O2. The highest BCUT2D eigenvalue weighted by Crippen LogP contribution is 2.06. The van der Waals surface area contributed by atoms with Gasteiger partial charge in [-0.1, -0.05) is 30.3 Å². The van der Waals surface area contributed by atoms with E-state index in [-0.39, 0.29) is 18.7 Å². The minimum Gasteiger partial charge on any atom is -0.445 e. The molecule has 1 aliphatic heterocycles. The zero-order valence-corrected chi connectivity index (χ0v) is 10.1. The summed E-state index contributed by atoms with van der Waals surface area (Å²) in [6.07, 6.45) is -0.376. The van der Waals surface area contributed by atoms with Gasteiger partial charge in [0.05, 0.1) is 6.04 Å². The number of hydrogen-bond donors (Lipinski definition) is 1. The normalized spacial score (nSPS) is 19.6. The molecule has 0 saturated carbocycles. The van der Waals surface area contributed by atoms with Crippen LogP contribution in [0.3, 0.4) is 0 Å². The minimum absolute atomic E-state index is 0.254. The Labute approximate surface area is 106 Å². The predicted octanol–water partition coefficient (Wildman–Crippen LogP) is 1.57. The lowest BCUT2D eigenvalue weighted by atomic mass is 10.2. The summed E-state index contributed by atoms with van der Waals surface area (Å²) >= 11 is 0.